The lowest BCUT2D eigenvalue weighted by Gasteiger charge is -2.16. The molecule has 0 amide bonds. The van der Waals surface area contributed by atoms with Crippen molar-refractivity contribution in [2.75, 3.05) is 13.1 Å². The number of aliphatic hydroxyl groups is 1. The molecule has 1 atom stereocenters. The van der Waals surface area contributed by atoms with Crippen LogP contribution in [0.1, 0.15) is 43.2 Å². The number of nitrogens with one attached hydrogen (secondary N) is 1. The van der Waals surface area contributed by atoms with Gasteiger partial charge in [0.2, 0.25) is 0 Å². The van der Waals surface area contributed by atoms with E-state index >= 15 is 0 Å². The lowest BCUT2D eigenvalue weighted by atomic mass is 10.00. The van der Waals surface area contributed by atoms with E-state index in [2.05, 4.69) is 5.32 Å². The van der Waals surface area contributed by atoms with Gasteiger partial charge in [0.15, 0.2) is 0 Å². The average Bonchev–Trinajstić information content (AvgIpc) is 2.89. The Morgan fingerprint density at radius 1 is 1.35 bits per heavy atom. The fourth-order valence-electron chi connectivity index (χ4n) is 3.15. The van der Waals surface area contributed by atoms with Crippen molar-refractivity contribution in [3.63, 3.8) is 0 Å². The predicted octanol–water partition coefficient (Wildman–Crippen LogP) is 3.21. The third kappa shape index (κ3) is 4.88. The van der Waals surface area contributed by atoms with Gasteiger partial charge in [0, 0.05) is 6.54 Å². The van der Waals surface area contributed by atoms with Crippen molar-refractivity contribution in [3.8, 4) is 0 Å². The number of aryl methyl sites for hydroxylation is 1. The molecule has 2 nitrogen and oxygen atoms in total. The second-order valence-electron chi connectivity index (χ2n) is 6.06. The molecule has 0 radical (unpaired) electrons. The van der Waals surface area contributed by atoms with Crippen LogP contribution >= 0.6 is 0 Å². The molecule has 1 aromatic carbocycles. The van der Waals surface area contributed by atoms with Crippen molar-refractivity contribution in [2.45, 2.75) is 51.6 Å². The number of rotatable bonds is 7. The zero-order valence-corrected chi connectivity index (χ0v) is 12.4. The first-order chi connectivity index (χ1) is 9.65. The van der Waals surface area contributed by atoms with Crippen LogP contribution in [-0.4, -0.2) is 24.3 Å². The molecule has 2 rings (SSSR count). The van der Waals surface area contributed by atoms with E-state index < -0.39 is 0 Å². The topological polar surface area (TPSA) is 32.3 Å². The van der Waals surface area contributed by atoms with E-state index in [1.54, 1.807) is 6.07 Å². The van der Waals surface area contributed by atoms with Crippen LogP contribution in [0, 0.1) is 18.7 Å². The first-order valence-corrected chi connectivity index (χ1v) is 7.79. The molecule has 0 heterocycles. The maximum absolute atomic E-state index is 13.0. The molecule has 1 fully saturated rings. The Kier molecular flexibility index (Phi) is 5.99. The van der Waals surface area contributed by atoms with Crippen molar-refractivity contribution in [3.05, 3.63) is 35.1 Å². The Bertz CT molecular complexity index is 415. The fourth-order valence-corrected chi connectivity index (χ4v) is 3.15. The summed E-state index contributed by atoms with van der Waals surface area (Å²) in [6.07, 6.45) is 6.80. The lowest BCUT2D eigenvalue weighted by molar-refractivity contribution is 0.141. The van der Waals surface area contributed by atoms with E-state index in [9.17, 15) is 9.50 Å². The molecule has 0 aromatic heterocycles. The van der Waals surface area contributed by atoms with E-state index in [1.165, 1.54) is 37.3 Å². The van der Waals surface area contributed by atoms with Crippen molar-refractivity contribution >= 4 is 0 Å². The highest BCUT2D eigenvalue weighted by Gasteiger charge is 2.18. The Labute approximate surface area is 121 Å². The van der Waals surface area contributed by atoms with Gasteiger partial charge in [-0.25, -0.2) is 4.39 Å². The SMILES string of the molecule is Cc1cc(F)ccc1CCNCC(O)CC1CCCC1. The molecular weight excluding hydrogens is 253 g/mol. The summed E-state index contributed by atoms with van der Waals surface area (Å²) >= 11 is 0. The van der Waals surface area contributed by atoms with E-state index in [-0.39, 0.29) is 11.9 Å². The van der Waals surface area contributed by atoms with Gasteiger partial charge in [-0.1, -0.05) is 31.7 Å². The Balaban J connectivity index is 1.63. The zero-order valence-electron chi connectivity index (χ0n) is 12.4. The molecular formula is C17H26FNO. The highest BCUT2D eigenvalue weighted by atomic mass is 19.1. The fraction of sp³-hybridized carbons (Fsp3) is 0.647. The summed E-state index contributed by atoms with van der Waals surface area (Å²) in [7, 11) is 0. The average molecular weight is 279 g/mol. The predicted molar refractivity (Wildman–Crippen MR) is 80.3 cm³/mol. The Morgan fingerprint density at radius 3 is 2.80 bits per heavy atom. The molecule has 0 bridgehead atoms. The zero-order chi connectivity index (χ0) is 14.4. The summed E-state index contributed by atoms with van der Waals surface area (Å²) in [5.74, 6) is 0.553. The highest BCUT2D eigenvalue weighted by Crippen LogP contribution is 2.28. The minimum absolute atomic E-state index is 0.175. The minimum Gasteiger partial charge on any atom is -0.392 e. The van der Waals surface area contributed by atoms with Gasteiger partial charge in [0.1, 0.15) is 5.82 Å². The summed E-state index contributed by atoms with van der Waals surface area (Å²) in [4.78, 5) is 0. The van der Waals surface area contributed by atoms with Gasteiger partial charge in [0.25, 0.3) is 0 Å². The third-order valence-electron chi connectivity index (χ3n) is 4.34. The van der Waals surface area contributed by atoms with Crippen LogP contribution in [-0.2, 0) is 6.42 Å². The second-order valence-corrected chi connectivity index (χ2v) is 6.06. The van der Waals surface area contributed by atoms with E-state index in [1.807, 2.05) is 13.0 Å². The van der Waals surface area contributed by atoms with Crippen molar-refractivity contribution in [1.82, 2.24) is 5.32 Å². The van der Waals surface area contributed by atoms with Crippen molar-refractivity contribution in [2.24, 2.45) is 5.92 Å². The lowest BCUT2D eigenvalue weighted by Crippen LogP contribution is -2.29. The molecule has 20 heavy (non-hydrogen) atoms. The van der Waals surface area contributed by atoms with Crippen LogP contribution in [0.5, 0.6) is 0 Å². The summed E-state index contributed by atoms with van der Waals surface area (Å²) in [5.41, 5.74) is 2.17. The Hall–Kier alpha value is -0.930. The number of hydrogen-bond donors (Lipinski definition) is 2. The van der Waals surface area contributed by atoms with E-state index in [0.717, 1.165) is 30.9 Å². The first kappa shape index (κ1) is 15.5. The summed E-state index contributed by atoms with van der Waals surface area (Å²) in [6.45, 7) is 3.43. The molecule has 112 valence electrons. The molecule has 0 aliphatic heterocycles. The summed E-state index contributed by atoms with van der Waals surface area (Å²) in [5, 5.41) is 13.3. The minimum atomic E-state index is -0.229. The molecule has 0 saturated heterocycles. The van der Waals surface area contributed by atoms with Gasteiger partial charge in [-0.2, -0.15) is 0 Å². The van der Waals surface area contributed by atoms with Gasteiger partial charge in [0.05, 0.1) is 6.10 Å². The quantitative estimate of drug-likeness (QED) is 0.751. The van der Waals surface area contributed by atoms with E-state index in [0.29, 0.717) is 6.54 Å². The molecule has 1 saturated carbocycles. The number of halogens is 1. The van der Waals surface area contributed by atoms with Gasteiger partial charge in [-0.3, -0.25) is 0 Å². The van der Waals surface area contributed by atoms with Crippen molar-refractivity contribution < 1.29 is 9.50 Å². The van der Waals surface area contributed by atoms with Gasteiger partial charge in [-0.05, 0) is 55.5 Å². The normalized spacial score (nSPS) is 17.6. The number of benzene rings is 1. The largest absolute Gasteiger partial charge is 0.392 e. The molecule has 2 N–H and O–H groups in total. The number of hydrogen-bond acceptors (Lipinski definition) is 2. The third-order valence-corrected chi connectivity index (χ3v) is 4.34. The molecule has 1 aliphatic carbocycles. The van der Waals surface area contributed by atoms with Crippen LogP contribution in [0.25, 0.3) is 0 Å². The molecule has 3 heteroatoms. The molecule has 1 unspecified atom stereocenters. The summed E-state index contributed by atoms with van der Waals surface area (Å²) < 4.78 is 13.0. The van der Waals surface area contributed by atoms with Gasteiger partial charge in [-0.15, -0.1) is 0 Å². The smallest absolute Gasteiger partial charge is 0.123 e. The monoisotopic (exact) mass is 279 g/mol. The summed E-state index contributed by atoms with van der Waals surface area (Å²) in [6, 6.07) is 4.93. The van der Waals surface area contributed by atoms with Crippen LogP contribution < -0.4 is 5.32 Å². The molecule has 0 spiro atoms. The van der Waals surface area contributed by atoms with Crippen molar-refractivity contribution in [1.29, 1.82) is 0 Å². The standard InChI is InChI=1S/C17H26FNO/c1-13-10-16(18)7-6-15(13)8-9-19-12-17(20)11-14-4-2-3-5-14/h6-7,10,14,17,19-20H,2-5,8-9,11-12H2,1H3. The number of aliphatic hydroxyl groups excluding tert-OH is 1. The van der Waals surface area contributed by atoms with Gasteiger partial charge >= 0.3 is 0 Å². The highest BCUT2D eigenvalue weighted by molar-refractivity contribution is 5.26. The van der Waals surface area contributed by atoms with Gasteiger partial charge < -0.3 is 10.4 Å². The molecule has 1 aliphatic rings. The van der Waals surface area contributed by atoms with Crippen LogP contribution in [0.2, 0.25) is 0 Å². The van der Waals surface area contributed by atoms with E-state index in [4.69, 9.17) is 0 Å². The first-order valence-electron chi connectivity index (χ1n) is 7.79. The van der Waals surface area contributed by atoms with Crippen LogP contribution in [0.15, 0.2) is 18.2 Å². The van der Waals surface area contributed by atoms with Crippen LogP contribution in [0.4, 0.5) is 4.39 Å². The van der Waals surface area contributed by atoms with Crippen LogP contribution in [0.3, 0.4) is 0 Å². The molecule has 1 aromatic rings. The second kappa shape index (κ2) is 7.75. The maximum Gasteiger partial charge on any atom is 0.123 e. The Morgan fingerprint density at radius 2 is 2.10 bits per heavy atom. The maximum atomic E-state index is 13.0.